The van der Waals surface area contributed by atoms with Crippen molar-refractivity contribution in [2.45, 2.75) is 81.3 Å². The Morgan fingerprint density at radius 3 is 2.46 bits per heavy atom. The highest BCUT2D eigenvalue weighted by Crippen LogP contribution is 2.51. The molecule has 1 aliphatic heterocycles. The van der Waals surface area contributed by atoms with Crippen molar-refractivity contribution in [2.24, 2.45) is 0 Å². The number of nitrogens with one attached hydrogen (secondary N) is 2. The summed E-state index contributed by atoms with van der Waals surface area (Å²) in [5.41, 5.74) is 1.50. The van der Waals surface area contributed by atoms with Crippen LogP contribution in [0.2, 0.25) is 0 Å². The molecule has 2 aromatic carbocycles. The van der Waals surface area contributed by atoms with E-state index in [-0.39, 0.29) is 17.1 Å². The Kier molecular flexibility index (Phi) is 7.56. The first kappa shape index (κ1) is 25.8. The molecular weight excluding hydrogens is 476 g/mol. The minimum atomic E-state index is -0.982. The third-order valence-electron chi connectivity index (χ3n) is 8.82. The van der Waals surface area contributed by atoms with E-state index in [9.17, 15) is 13.6 Å². The van der Waals surface area contributed by atoms with Crippen LogP contribution in [0.1, 0.15) is 63.4 Å². The highest BCUT2D eigenvalue weighted by atomic mass is 19.2. The van der Waals surface area contributed by atoms with Crippen LogP contribution in [0, 0.1) is 11.6 Å². The van der Waals surface area contributed by atoms with Gasteiger partial charge in [0, 0.05) is 35.3 Å². The summed E-state index contributed by atoms with van der Waals surface area (Å²) in [5.74, 6) is -0.445. The van der Waals surface area contributed by atoms with Crippen LogP contribution in [0.5, 0.6) is 11.5 Å². The molecule has 2 aromatic rings. The Morgan fingerprint density at radius 1 is 0.946 bits per heavy atom. The highest BCUT2D eigenvalue weighted by Gasteiger charge is 2.53. The Morgan fingerprint density at radius 2 is 1.73 bits per heavy atom. The average molecular weight is 514 g/mol. The lowest BCUT2D eigenvalue weighted by molar-refractivity contribution is 0.0825. The van der Waals surface area contributed by atoms with Crippen LogP contribution in [-0.2, 0) is 5.41 Å². The molecule has 2 aliphatic carbocycles. The second-order valence-electron chi connectivity index (χ2n) is 10.7. The summed E-state index contributed by atoms with van der Waals surface area (Å²) in [7, 11) is 3.33. The van der Waals surface area contributed by atoms with Crippen molar-refractivity contribution in [1.29, 1.82) is 0 Å². The van der Waals surface area contributed by atoms with Crippen LogP contribution >= 0.6 is 0 Å². The quantitative estimate of drug-likeness (QED) is 0.497. The molecule has 3 fully saturated rings. The maximum absolute atomic E-state index is 13.6. The lowest BCUT2D eigenvalue weighted by Gasteiger charge is -2.47. The van der Waals surface area contributed by atoms with Crippen molar-refractivity contribution in [3.8, 4) is 11.5 Å². The third kappa shape index (κ3) is 5.13. The van der Waals surface area contributed by atoms with E-state index in [0.29, 0.717) is 12.1 Å². The number of amides is 2. The number of nitrogens with zero attached hydrogens (tertiary/aromatic N) is 1. The van der Waals surface area contributed by atoms with Gasteiger partial charge in [-0.1, -0.05) is 25.3 Å². The molecule has 0 radical (unpaired) electrons. The van der Waals surface area contributed by atoms with Gasteiger partial charge in [-0.25, -0.2) is 13.6 Å². The molecule has 3 aliphatic rings. The fourth-order valence-electron chi connectivity index (χ4n) is 6.97. The average Bonchev–Trinajstić information content (AvgIpc) is 3.30. The van der Waals surface area contributed by atoms with Crippen molar-refractivity contribution < 1.29 is 23.0 Å². The smallest absolute Gasteiger partial charge is 0.319 e. The molecule has 3 atom stereocenters. The second-order valence-corrected chi connectivity index (χ2v) is 10.7. The largest absolute Gasteiger partial charge is 0.493 e. The number of anilines is 1. The SMILES string of the molecule is COc1ccc(C23CCC(NC(=O)Nc4ccc(F)c(F)c4)CC2N(C2CCCCC2)CC3)cc1OC. The lowest BCUT2D eigenvalue weighted by Crippen LogP contribution is -2.55. The van der Waals surface area contributed by atoms with Crippen LogP contribution in [0.3, 0.4) is 0 Å². The predicted molar refractivity (Wildman–Crippen MR) is 139 cm³/mol. The van der Waals surface area contributed by atoms with Gasteiger partial charge in [0.25, 0.3) is 0 Å². The van der Waals surface area contributed by atoms with Gasteiger partial charge in [0.2, 0.25) is 0 Å². The number of halogens is 2. The number of fused-ring (bicyclic) bond motifs is 1. The van der Waals surface area contributed by atoms with Crippen LogP contribution in [0.4, 0.5) is 19.3 Å². The van der Waals surface area contributed by atoms with Gasteiger partial charge in [-0.05, 0) is 74.9 Å². The van der Waals surface area contributed by atoms with Gasteiger partial charge in [0.1, 0.15) is 0 Å². The van der Waals surface area contributed by atoms with Gasteiger partial charge in [0.05, 0.1) is 14.2 Å². The summed E-state index contributed by atoms with van der Waals surface area (Å²) in [4.78, 5) is 15.5. The molecule has 1 saturated heterocycles. The first-order valence-electron chi connectivity index (χ1n) is 13.4. The second kappa shape index (κ2) is 10.9. The summed E-state index contributed by atoms with van der Waals surface area (Å²) >= 11 is 0. The van der Waals surface area contributed by atoms with E-state index in [0.717, 1.165) is 55.9 Å². The monoisotopic (exact) mass is 513 g/mol. The van der Waals surface area contributed by atoms with E-state index < -0.39 is 17.7 Å². The zero-order chi connectivity index (χ0) is 26.0. The number of likely N-dealkylation sites (tertiary alicyclic amines) is 1. The zero-order valence-electron chi connectivity index (χ0n) is 21.7. The van der Waals surface area contributed by atoms with E-state index in [2.05, 4.69) is 27.7 Å². The number of hydrogen-bond acceptors (Lipinski definition) is 4. The van der Waals surface area contributed by atoms with Crippen LogP contribution in [0.25, 0.3) is 0 Å². The first-order chi connectivity index (χ1) is 17.9. The van der Waals surface area contributed by atoms with E-state index >= 15 is 0 Å². The molecule has 0 aromatic heterocycles. The molecule has 2 amide bonds. The summed E-state index contributed by atoms with van der Waals surface area (Å²) in [6, 6.07) is 10.2. The molecule has 3 unspecified atom stereocenters. The van der Waals surface area contributed by atoms with Crippen molar-refractivity contribution in [3.05, 3.63) is 53.6 Å². The normalized spacial score (nSPS) is 26.4. The molecule has 200 valence electrons. The molecule has 2 saturated carbocycles. The zero-order valence-corrected chi connectivity index (χ0v) is 21.7. The van der Waals surface area contributed by atoms with Crippen molar-refractivity contribution in [3.63, 3.8) is 0 Å². The summed E-state index contributed by atoms with van der Waals surface area (Å²) in [5, 5.41) is 5.77. The molecule has 37 heavy (non-hydrogen) atoms. The van der Waals surface area contributed by atoms with Crippen molar-refractivity contribution in [2.75, 3.05) is 26.1 Å². The Bertz CT molecular complexity index is 1120. The van der Waals surface area contributed by atoms with Crippen molar-refractivity contribution in [1.82, 2.24) is 10.2 Å². The highest BCUT2D eigenvalue weighted by molar-refractivity contribution is 5.89. The Hall–Kier alpha value is -2.87. The van der Waals surface area contributed by atoms with Gasteiger partial charge in [-0.15, -0.1) is 0 Å². The van der Waals surface area contributed by atoms with Gasteiger partial charge >= 0.3 is 6.03 Å². The van der Waals surface area contributed by atoms with Crippen LogP contribution < -0.4 is 20.1 Å². The number of carbonyl (C=O) groups is 1. The van der Waals surface area contributed by atoms with Crippen LogP contribution in [-0.4, -0.2) is 49.8 Å². The number of ether oxygens (including phenoxy) is 2. The van der Waals surface area contributed by atoms with Crippen LogP contribution in [0.15, 0.2) is 36.4 Å². The molecule has 0 spiro atoms. The maximum atomic E-state index is 13.6. The van der Waals surface area contributed by atoms with E-state index in [1.165, 1.54) is 43.7 Å². The number of carbonyl (C=O) groups excluding carboxylic acids is 1. The third-order valence-corrected chi connectivity index (χ3v) is 8.82. The molecule has 8 heteroatoms. The topological polar surface area (TPSA) is 62.8 Å². The predicted octanol–water partition coefficient (Wildman–Crippen LogP) is 6.00. The summed E-state index contributed by atoms with van der Waals surface area (Å²) in [6.45, 7) is 1.05. The number of hydrogen-bond donors (Lipinski definition) is 2. The fraction of sp³-hybridized carbons (Fsp3) is 0.552. The maximum Gasteiger partial charge on any atom is 0.319 e. The molecule has 6 nitrogen and oxygen atoms in total. The Labute approximate surface area is 217 Å². The number of methoxy groups -OCH3 is 2. The van der Waals surface area contributed by atoms with E-state index in [4.69, 9.17) is 9.47 Å². The summed E-state index contributed by atoms with van der Waals surface area (Å²) < 4.78 is 38.0. The Balaban J connectivity index is 1.37. The molecular formula is C29H37F2N3O3. The van der Waals surface area contributed by atoms with Gasteiger partial charge in [0.15, 0.2) is 23.1 Å². The lowest BCUT2D eigenvalue weighted by atomic mass is 9.64. The van der Waals surface area contributed by atoms with E-state index in [1.54, 1.807) is 14.2 Å². The first-order valence-corrected chi connectivity index (χ1v) is 13.4. The standard InChI is InChI=1S/C29H37F2N3O3/c1-36-25-11-8-19(16-26(25)37-2)29-13-12-21(33-28(35)32-20-9-10-23(30)24(31)17-20)18-27(29)34(15-14-29)22-6-4-3-5-7-22/h8-11,16-17,21-22,27H,3-7,12-15,18H2,1-2H3,(H2,32,33,35). The van der Waals surface area contributed by atoms with E-state index in [1.807, 2.05) is 6.07 Å². The molecule has 0 bridgehead atoms. The number of urea groups is 1. The molecule has 5 rings (SSSR count). The number of benzene rings is 2. The fourth-order valence-corrected chi connectivity index (χ4v) is 6.97. The van der Waals surface area contributed by atoms with Crippen molar-refractivity contribution >= 4 is 11.7 Å². The molecule has 1 heterocycles. The number of rotatable bonds is 6. The molecule has 2 N–H and O–H groups in total. The van der Waals surface area contributed by atoms with Gasteiger partial charge in [-0.2, -0.15) is 0 Å². The van der Waals surface area contributed by atoms with Gasteiger partial charge < -0.3 is 20.1 Å². The minimum Gasteiger partial charge on any atom is -0.493 e. The summed E-state index contributed by atoms with van der Waals surface area (Å²) in [6.07, 6.45) is 10.0. The minimum absolute atomic E-state index is 0.00671. The van der Waals surface area contributed by atoms with Gasteiger partial charge in [-0.3, -0.25) is 4.90 Å².